The van der Waals surface area contributed by atoms with Crippen molar-refractivity contribution in [1.29, 1.82) is 0 Å². The number of carbonyl (C=O) groups excluding carboxylic acids is 1. The Morgan fingerprint density at radius 3 is 2.74 bits per heavy atom. The van der Waals surface area contributed by atoms with Crippen LogP contribution in [0, 0.1) is 5.92 Å². The molecule has 1 aromatic heterocycles. The Balaban J connectivity index is 1.27. The first kappa shape index (κ1) is 18.1. The molecule has 0 unspecified atom stereocenters. The van der Waals surface area contributed by atoms with E-state index in [1.807, 2.05) is 11.0 Å². The molecule has 1 atom stereocenters. The van der Waals surface area contributed by atoms with E-state index in [0.29, 0.717) is 11.6 Å². The van der Waals surface area contributed by atoms with Crippen molar-refractivity contribution in [2.45, 2.75) is 19.4 Å². The van der Waals surface area contributed by atoms with Gasteiger partial charge in [-0.1, -0.05) is 35.5 Å². The molecule has 0 aliphatic carbocycles. The molecule has 0 spiro atoms. The van der Waals surface area contributed by atoms with E-state index in [9.17, 15) is 4.79 Å². The van der Waals surface area contributed by atoms with E-state index in [4.69, 9.17) is 0 Å². The van der Waals surface area contributed by atoms with Crippen molar-refractivity contribution < 1.29 is 4.79 Å². The molecule has 0 saturated carbocycles. The summed E-state index contributed by atoms with van der Waals surface area (Å²) in [5.41, 5.74) is 1.81. The largest absolute Gasteiger partial charge is 0.337 e. The number of nitrogens with zero attached hydrogens (tertiary/aromatic N) is 5. The molecule has 2 fully saturated rings. The lowest BCUT2D eigenvalue weighted by Crippen LogP contribution is -2.44. The zero-order chi connectivity index (χ0) is 18.5. The summed E-state index contributed by atoms with van der Waals surface area (Å²) in [6.07, 6.45) is 3.88. The molecule has 4 rings (SSSR count). The highest BCUT2D eigenvalue weighted by Gasteiger charge is 2.28. The molecule has 7 heteroatoms. The standard InChI is InChI=1S/C20H28N6O/c27-20(25-9-6-18(15-25)14-17-4-2-1-3-5-17)19-16-26(23-22-19)13-12-24-10-7-21-8-11-24/h1-5,16,18,21H,6-15H2/t18-/m1/s1. The van der Waals surface area contributed by atoms with Gasteiger partial charge >= 0.3 is 0 Å². The molecular weight excluding hydrogens is 340 g/mol. The summed E-state index contributed by atoms with van der Waals surface area (Å²) in [6, 6.07) is 10.5. The second kappa shape index (κ2) is 8.63. The van der Waals surface area contributed by atoms with Gasteiger partial charge in [0.25, 0.3) is 5.91 Å². The maximum absolute atomic E-state index is 12.8. The Kier molecular flexibility index (Phi) is 5.79. The van der Waals surface area contributed by atoms with Gasteiger partial charge in [-0.3, -0.25) is 14.4 Å². The number of rotatable bonds is 6. The molecule has 0 bridgehead atoms. The second-order valence-electron chi connectivity index (χ2n) is 7.55. The monoisotopic (exact) mass is 368 g/mol. The molecule has 1 N–H and O–H groups in total. The lowest BCUT2D eigenvalue weighted by Gasteiger charge is -2.26. The van der Waals surface area contributed by atoms with Crippen LogP contribution < -0.4 is 5.32 Å². The van der Waals surface area contributed by atoms with Crippen LogP contribution >= 0.6 is 0 Å². The van der Waals surface area contributed by atoms with E-state index in [1.54, 1.807) is 10.9 Å². The number of likely N-dealkylation sites (tertiary alicyclic amines) is 1. The number of nitrogens with one attached hydrogen (secondary N) is 1. The Hall–Kier alpha value is -2.25. The normalized spacial score (nSPS) is 20.9. The molecular formula is C20H28N6O. The number of hydrogen-bond donors (Lipinski definition) is 1. The Morgan fingerprint density at radius 2 is 1.93 bits per heavy atom. The number of amides is 1. The molecule has 1 amide bonds. The molecule has 1 aromatic carbocycles. The first-order valence-electron chi connectivity index (χ1n) is 9.94. The third-order valence-electron chi connectivity index (χ3n) is 5.55. The van der Waals surface area contributed by atoms with Gasteiger partial charge in [-0.15, -0.1) is 5.10 Å². The molecule has 27 heavy (non-hydrogen) atoms. The van der Waals surface area contributed by atoms with Crippen LogP contribution in [0.15, 0.2) is 36.5 Å². The van der Waals surface area contributed by atoms with Crippen molar-refractivity contribution in [2.24, 2.45) is 5.92 Å². The van der Waals surface area contributed by atoms with Crippen molar-refractivity contribution in [2.75, 3.05) is 45.8 Å². The van der Waals surface area contributed by atoms with Crippen LogP contribution in [-0.4, -0.2) is 76.5 Å². The fourth-order valence-electron chi connectivity index (χ4n) is 3.98. The minimum atomic E-state index is 0.0129. The van der Waals surface area contributed by atoms with Gasteiger partial charge in [0.2, 0.25) is 0 Å². The second-order valence-corrected chi connectivity index (χ2v) is 7.55. The maximum atomic E-state index is 12.8. The summed E-state index contributed by atoms with van der Waals surface area (Å²) >= 11 is 0. The third-order valence-corrected chi connectivity index (χ3v) is 5.55. The molecule has 2 aliphatic rings. The smallest absolute Gasteiger partial charge is 0.276 e. The van der Waals surface area contributed by atoms with Crippen molar-refractivity contribution >= 4 is 5.91 Å². The number of carbonyl (C=O) groups is 1. The van der Waals surface area contributed by atoms with Crippen LogP contribution in [0.4, 0.5) is 0 Å². The first-order valence-corrected chi connectivity index (χ1v) is 9.94. The van der Waals surface area contributed by atoms with Gasteiger partial charge in [0.05, 0.1) is 12.7 Å². The molecule has 2 saturated heterocycles. The summed E-state index contributed by atoms with van der Waals surface area (Å²) in [4.78, 5) is 17.1. The minimum absolute atomic E-state index is 0.0129. The minimum Gasteiger partial charge on any atom is -0.337 e. The van der Waals surface area contributed by atoms with Crippen molar-refractivity contribution in [3.63, 3.8) is 0 Å². The van der Waals surface area contributed by atoms with Gasteiger partial charge in [-0.25, -0.2) is 0 Å². The fraction of sp³-hybridized carbons (Fsp3) is 0.550. The summed E-state index contributed by atoms with van der Waals surface area (Å²) in [5.74, 6) is 0.540. The van der Waals surface area contributed by atoms with Crippen LogP contribution in [-0.2, 0) is 13.0 Å². The molecule has 7 nitrogen and oxygen atoms in total. The number of benzene rings is 1. The topological polar surface area (TPSA) is 66.3 Å². The number of hydrogen-bond acceptors (Lipinski definition) is 5. The van der Waals surface area contributed by atoms with Crippen molar-refractivity contribution in [1.82, 2.24) is 30.1 Å². The Bertz CT molecular complexity index is 740. The van der Waals surface area contributed by atoms with Crippen LogP contribution in [0.5, 0.6) is 0 Å². The van der Waals surface area contributed by atoms with Crippen molar-refractivity contribution in [3.8, 4) is 0 Å². The Morgan fingerprint density at radius 1 is 1.11 bits per heavy atom. The number of piperazine rings is 1. The van der Waals surface area contributed by atoms with E-state index in [1.165, 1.54) is 5.56 Å². The predicted octanol–water partition coefficient (Wildman–Crippen LogP) is 0.888. The highest BCUT2D eigenvalue weighted by molar-refractivity contribution is 5.92. The van der Waals surface area contributed by atoms with Gasteiger partial charge in [-0.05, 0) is 24.3 Å². The van der Waals surface area contributed by atoms with Crippen LogP contribution in [0.2, 0.25) is 0 Å². The van der Waals surface area contributed by atoms with Crippen molar-refractivity contribution in [3.05, 3.63) is 47.8 Å². The lowest BCUT2D eigenvalue weighted by atomic mass is 9.99. The van der Waals surface area contributed by atoms with E-state index in [-0.39, 0.29) is 5.91 Å². The average molecular weight is 368 g/mol. The summed E-state index contributed by atoms with van der Waals surface area (Å²) in [7, 11) is 0. The molecule has 0 radical (unpaired) electrons. The van der Waals surface area contributed by atoms with Crippen LogP contribution in [0.3, 0.4) is 0 Å². The lowest BCUT2D eigenvalue weighted by molar-refractivity contribution is 0.0781. The van der Waals surface area contributed by atoms with Gasteiger partial charge in [0.1, 0.15) is 0 Å². The van der Waals surface area contributed by atoms with E-state index >= 15 is 0 Å². The summed E-state index contributed by atoms with van der Waals surface area (Å²) in [6.45, 7) is 7.55. The van der Waals surface area contributed by atoms with E-state index in [2.05, 4.69) is 44.8 Å². The third kappa shape index (κ3) is 4.73. The quantitative estimate of drug-likeness (QED) is 0.820. The maximum Gasteiger partial charge on any atom is 0.276 e. The first-order chi connectivity index (χ1) is 13.3. The van der Waals surface area contributed by atoms with E-state index in [0.717, 1.165) is 65.2 Å². The molecule has 3 heterocycles. The molecule has 2 aromatic rings. The highest BCUT2D eigenvalue weighted by atomic mass is 16.2. The summed E-state index contributed by atoms with van der Waals surface area (Å²) in [5, 5.41) is 11.6. The molecule has 2 aliphatic heterocycles. The van der Waals surface area contributed by atoms with Gasteiger partial charge in [-0.2, -0.15) is 0 Å². The highest BCUT2D eigenvalue weighted by Crippen LogP contribution is 2.22. The summed E-state index contributed by atoms with van der Waals surface area (Å²) < 4.78 is 1.80. The van der Waals surface area contributed by atoms with Gasteiger partial charge in [0.15, 0.2) is 5.69 Å². The van der Waals surface area contributed by atoms with E-state index < -0.39 is 0 Å². The van der Waals surface area contributed by atoms with Gasteiger partial charge in [0, 0.05) is 45.8 Å². The predicted molar refractivity (Wildman–Crippen MR) is 103 cm³/mol. The van der Waals surface area contributed by atoms with Gasteiger partial charge < -0.3 is 10.2 Å². The van der Waals surface area contributed by atoms with Crippen LogP contribution in [0.25, 0.3) is 0 Å². The average Bonchev–Trinajstić information content (AvgIpc) is 3.37. The number of aromatic nitrogens is 3. The zero-order valence-corrected chi connectivity index (χ0v) is 15.8. The molecule has 144 valence electrons. The Labute approximate surface area is 160 Å². The SMILES string of the molecule is O=C(c1cn(CCN2CCNCC2)nn1)N1CC[C@H](Cc2ccccc2)C1. The fourth-order valence-corrected chi connectivity index (χ4v) is 3.98. The van der Waals surface area contributed by atoms with Crippen LogP contribution in [0.1, 0.15) is 22.5 Å². The zero-order valence-electron chi connectivity index (χ0n) is 15.8.